The Hall–Kier alpha value is -0.710. The lowest BCUT2D eigenvalue weighted by atomic mass is 9.96. The normalized spacial score (nSPS) is 23.0. The molecule has 19 heavy (non-hydrogen) atoms. The molecule has 4 nitrogen and oxygen atoms in total. The smallest absolute Gasteiger partial charge is 0.243 e. The molecule has 2 fully saturated rings. The first-order valence-corrected chi connectivity index (χ1v) is 8.47. The van der Waals surface area contributed by atoms with Gasteiger partial charge in [0, 0.05) is 13.0 Å². The molecule has 0 spiro atoms. The van der Waals surface area contributed by atoms with Crippen molar-refractivity contribution in [2.45, 2.75) is 57.5 Å². The molecule has 2 aliphatic rings. The van der Waals surface area contributed by atoms with Gasteiger partial charge in [0.1, 0.15) is 6.04 Å². The van der Waals surface area contributed by atoms with E-state index in [-0.39, 0.29) is 17.9 Å². The average Bonchev–Trinajstić information content (AvgIpc) is 2.90. The first kappa shape index (κ1) is 14.7. The van der Waals surface area contributed by atoms with E-state index in [9.17, 15) is 9.59 Å². The maximum atomic E-state index is 12.4. The largest absolute Gasteiger partial charge is 0.352 e. The molecule has 0 unspecified atom stereocenters. The van der Waals surface area contributed by atoms with Crippen molar-refractivity contribution in [3.63, 3.8) is 0 Å². The topological polar surface area (TPSA) is 58.2 Å². The van der Waals surface area contributed by atoms with Gasteiger partial charge in [-0.15, -0.1) is 0 Å². The summed E-state index contributed by atoms with van der Waals surface area (Å²) in [5, 5.41) is 5.99. The van der Waals surface area contributed by atoms with E-state index in [1.54, 1.807) is 0 Å². The maximum absolute atomic E-state index is 12.4. The fourth-order valence-electron chi connectivity index (χ4n) is 3.04. The highest BCUT2D eigenvalue weighted by Crippen LogP contribution is 2.28. The molecule has 1 aliphatic heterocycles. The van der Waals surface area contributed by atoms with Gasteiger partial charge in [-0.1, -0.05) is 12.8 Å². The number of carbonyl (C=O) groups excluding carboxylic acids is 2. The van der Waals surface area contributed by atoms with Crippen molar-refractivity contribution in [3.8, 4) is 0 Å². The van der Waals surface area contributed by atoms with Crippen molar-refractivity contribution in [1.29, 1.82) is 0 Å². The Labute approximate surface area is 119 Å². The van der Waals surface area contributed by atoms with E-state index < -0.39 is 0 Å². The van der Waals surface area contributed by atoms with E-state index in [0.717, 1.165) is 37.2 Å². The quantitative estimate of drug-likeness (QED) is 0.826. The third-order valence-corrected chi connectivity index (χ3v) is 5.13. The molecule has 0 radical (unpaired) electrons. The number of hydrogen-bond acceptors (Lipinski definition) is 3. The number of nitrogens with one attached hydrogen (secondary N) is 2. The Balaban J connectivity index is 1.91. The standard InChI is InChI=1S/C14H24N2O2S/c1-10(17)15-13(11-4-2-3-5-11)14(18)16-12-6-8-19-9-7-12/h11-13H,2-9H2,1H3,(H,15,17)(H,16,18)/t13-/m1/s1. The number of amides is 2. The molecule has 1 saturated heterocycles. The van der Waals surface area contributed by atoms with Crippen molar-refractivity contribution in [3.05, 3.63) is 0 Å². The molecule has 1 aliphatic carbocycles. The van der Waals surface area contributed by atoms with Crippen LogP contribution >= 0.6 is 11.8 Å². The van der Waals surface area contributed by atoms with E-state index in [0.29, 0.717) is 12.0 Å². The summed E-state index contributed by atoms with van der Waals surface area (Å²) >= 11 is 1.95. The van der Waals surface area contributed by atoms with Crippen molar-refractivity contribution in [2.24, 2.45) is 5.92 Å². The van der Waals surface area contributed by atoms with Gasteiger partial charge in [-0.2, -0.15) is 11.8 Å². The lowest BCUT2D eigenvalue weighted by Crippen LogP contribution is -2.52. The summed E-state index contributed by atoms with van der Waals surface area (Å²) in [7, 11) is 0. The Kier molecular flexibility index (Phi) is 5.55. The van der Waals surface area contributed by atoms with Crippen molar-refractivity contribution >= 4 is 23.6 Å². The van der Waals surface area contributed by atoms with Crippen molar-refractivity contribution in [2.75, 3.05) is 11.5 Å². The first-order chi connectivity index (χ1) is 9.16. The highest BCUT2D eigenvalue weighted by Gasteiger charge is 2.32. The summed E-state index contributed by atoms with van der Waals surface area (Å²) in [6.07, 6.45) is 6.56. The molecule has 2 N–H and O–H groups in total. The molecule has 5 heteroatoms. The summed E-state index contributed by atoms with van der Waals surface area (Å²) in [5.74, 6) is 2.49. The molecule has 2 amide bonds. The molecular formula is C14H24N2O2S. The zero-order valence-electron chi connectivity index (χ0n) is 11.6. The third-order valence-electron chi connectivity index (χ3n) is 4.08. The monoisotopic (exact) mass is 284 g/mol. The highest BCUT2D eigenvalue weighted by molar-refractivity contribution is 7.99. The molecule has 0 aromatic carbocycles. The van der Waals surface area contributed by atoms with Gasteiger partial charge in [-0.25, -0.2) is 0 Å². The second kappa shape index (κ2) is 7.17. The van der Waals surface area contributed by atoms with Gasteiger partial charge in [-0.05, 0) is 43.1 Å². The van der Waals surface area contributed by atoms with Crippen LogP contribution in [-0.2, 0) is 9.59 Å². The molecule has 0 aromatic heterocycles. The van der Waals surface area contributed by atoms with Crippen LogP contribution in [0.15, 0.2) is 0 Å². The fourth-order valence-corrected chi connectivity index (χ4v) is 4.15. The van der Waals surface area contributed by atoms with Gasteiger partial charge in [-0.3, -0.25) is 9.59 Å². The lowest BCUT2D eigenvalue weighted by molar-refractivity contribution is -0.130. The first-order valence-electron chi connectivity index (χ1n) is 7.32. The zero-order chi connectivity index (χ0) is 13.7. The molecule has 2 rings (SSSR count). The SMILES string of the molecule is CC(=O)N[C@@H](C(=O)NC1CCSCC1)C1CCCC1. The number of hydrogen-bond donors (Lipinski definition) is 2. The summed E-state index contributed by atoms with van der Waals surface area (Å²) in [5.41, 5.74) is 0. The van der Waals surface area contributed by atoms with E-state index in [4.69, 9.17) is 0 Å². The average molecular weight is 284 g/mol. The minimum atomic E-state index is -0.324. The van der Waals surface area contributed by atoms with Crippen LogP contribution in [0, 0.1) is 5.92 Å². The van der Waals surface area contributed by atoms with Crippen LogP contribution in [0.3, 0.4) is 0 Å². The van der Waals surface area contributed by atoms with E-state index >= 15 is 0 Å². The van der Waals surface area contributed by atoms with Gasteiger partial charge in [0.15, 0.2) is 0 Å². The van der Waals surface area contributed by atoms with Gasteiger partial charge in [0.05, 0.1) is 0 Å². The van der Waals surface area contributed by atoms with Crippen LogP contribution in [0.1, 0.15) is 45.4 Å². The van der Waals surface area contributed by atoms with Gasteiger partial charge in [0.2, 0.25) is 11.8 Å². The van der Waals surface area contributed by atoms with Gasteiger partial charge in [0.25, 0.3) is 0 Å². The highest BCUT2D eigenvalue weighted by atomic mass is 32.2. The number of thioether (sulfide) groups is 1. The molecule has 108 valence electrons. The lowest BCUT2D eigenvalue weighted by Gasteiger charge is -2.28. The zero-order valence-corrected chi connectivity index (χ0v) is 12.4. The summed E-state index contributed by atoms with van der Waals surface area (Å²) in [6, 6.07) is -0.0269. The van der Waals surface area contributed by atoms with Crippen molar-refractivity contribution in [1.82, 2.24) is 10.6 Å². The van der Waals surface area contributed by atoms with Crippen LogP contribution in [0.25, 0.3) is 0 Å². The molecular weight excluding hydrogens is 260 g/mol. The summed E-state index contributed by atoms with van der Waals surface area (Å²) < 4.78 is 0. The second-order valence-corrected chi connectivity index (χ2v) is 6.84. The number of rotatable bonds is 4. The number of carbonyl (C=O) groups is 2. The molecule has 1 saturated carbocycles. The summed E-state index contributed by atoms with van der Waals surface area (Å²) in [4.78, 5) is 23.7. The predicted molar refractivity (Wildman–Crippen MR) is 78.1 cm³/mol. The minimum absolute atomic E-state index is 0.0269. The fraction of sp³-hybridized carbons (Fsp3) is 0.857. The van der Waals surface area contributed by atoms with E-state index in [2.05, 4.69) is 10.6 Å². The maximum Gasteiger partial charge on any atom is 0.243 e. The van der Waals surface area contributed by atoms with Crippen LogP contribution in [0.4, 0.5) is 0 Å². The molecule has 1 heterocycles. The van der Waals surface area contributed by atoms with Gasteiger partial charge >= 0.3 is 0 Å². The molecule has 0 bridgehead atoms. The Morgan fingerprint density at radius 3 is 2.32 bits per heavy atom. The molecule has 0 aromatic rings. The Morgan fingerprint density at radius 1 is 1.11 bits per heavy atom. The summed E-state index contributed by atoms with van der Waals surface area (Å²) in [6.45, 7) is 1.49. The van der Waals surface area contributed by atoms with Crippen molar-refractivity contribution < 1.29 is 9.59 Å². The minimum Gasteiger partial charge on any atom is -0.352 e. The van der Waals surface area contributed by atoms with Crippen LogP contribution in [0.5, 0.6) is 0 Å². The van der Waals surface area contributed by atoms with Crippen LogP contribution < -0.4 is 10.6 Å². The van der Waals surface area contributed by atoms with Crippen LogP contribution in [-0.4, -0.2) is 35.4 Å². The Bertz CT molecular complexity index is 323. The van der Waals surface area contributed by atoms with Gasteiger partial charge < -0.3 is 10.6 Å². The van der Waals surface area contributed by atoms with Crippen LogP contribution in [0.2, 0.25) is 0 Å². The van der Waals surface area contributed by atoms with E-state index in [1.165, 1.54) is 19.8 Å². The predicted octanol–water partition coefficient (Wildman–Crippen LogP) is 1.69. The second-order valence-electron chi connectivity index (χ2n) is 5.62. The van der Waals surface area contributed by atoms with E-state index in [1.807, 2.05) is 11.8 Å². The Morgan fingerprint density at radius 2 is 1.74 bits per heavy atom. The third kappa shape index (κ3) is 4.41. The molecule has 1 atom stereocenters.